The Bertz CT molecular complexity index is 1350. The van der Waals surface area contributed by atoms with Gasteiger partial charge in [-0.3, -0.25) is 19.6 Å². The molecule has 0 N–H and O–H groups in total. The fourth-order valence-electron chi connectivity index (χ4n) is 3.66. The number of halogens is 2. The van der Waals surface area contributed by atoms with Crippen LogP contribution < -0.4 is 4.74 Å². The molecule has 1 saturated carbocycles. The number of carbonyl (C=O) groups is 2. The lowest BCUT2D eigenvalue weighted by atomic mass is 10.1. The fourth-order valence-corrected chi connectivity index (χ4v) is 4.27. The predicted molar refractivity (Wildman–Crippen MR) is 133 cm³/mol. The van der Waals surface area contributed by atoms with Gasteiger partial charge in [0.1, 0.15) is 18.2 Å². The van der Waals surface area contributed by atoms with Gasteiger partial charge in [-0.1, -0.05) is 23.2 Å². The van der Waals surface area contributed by atoms with Crippen LogP contribution in [-0.2, 0) is 20.9 Å². The number of aromatic nitrogens is 1. The third kappa shape index (κ3) is 5.97. The van der Waals surface area contributed by atoms with Gasteiger partial charge in [-0.15, -0.1) is 0 Å². The van der Waals surface area contributed by atoms with Gasteiger partial charge in [0.05, 0.1) is 28.7 Å². The van der Waals surface area contributed by atoms with Crippen LogP contribution in [0.15, 0.2) is 47.6 Å². The average Bonchev–Trinajstić information content (AvgIpc) is 3.67. The highest BCUT2D eigenvalue weighted by Crippen LogP contribution is 2.44. The number of nitrogens with zero attached hydrogens (tertiary/aromatic N) is 3. The number of Topliss-reactive ketones (excluding diaryl/α,β-unsaturated/α-hetero) is 1. The molecule has 0 amide bonds. The number of aliphatic imine (C=N–C) groups is 1. The van der Waals surface area contributed by atoms with E-state index in [1.54, 1.807) is 25.1 Å². The Hall–Kier alpha value is -3.47. The number of pyridine rings is 1. The van der Waals surface area contributed by atoms with E-state index in [0.29, 0.717) is 17.2 Å². The molecule has 0 unspecified atom stereocenters. The van der Waals surface area contributed by atoms with E-state index in [1.165, 1.54) is 18.4 Å². The summed E-state index contributed by atoms with van der Waals surface area (Å²) in [5, 5.41) is 10.8. The topological polar surface area (TPSA) is 102 Å². The molecule has 1 aliphatic carbocycles. The summed E-state index contributed by atoms with van der Waals surface area (Å²) in [5.41, 5.74) is 2.36. The van der Waals surface area contributed by atoms with Gasteiger partial charge in [-0.25, -0.2) is 0 Å². The second-order valence-corrected chi connectivity index (χ2v) is 8.84. The van der Waals surface area contributed by atoms with E-state index in [1.807, 2.05) is 30.5 Å². The largest absolute Gasteiger partial charge is 0.466 e. The fraction of sp³-hybridized carbons (Fsp3) is 0.269. The third-order valence-corrected chi connectivity index (χ3v) is 6.00. The molecular formula is C26H21Cl2N3O4. The van der Waals surface area contributed by atoms with Gasteiger partial charge in [0, 0.05) is 11.6 Å². The average molecular weight is 510 g/mol. The highest BCUT2D eigenvalue weighted by Gasteiger charge is 2.25. The van der Waals surface area contributed by atoms with Crippen LogP contribution in [0.25, 0.3) is 10.9 Å². The first-order chi connectivity index (χ1) is 16.9. The zero-order valence-corrected chi connectivity index (χ0v) is 20.4. The Kier molecular flexibility index (Phi) is 7.64. The maximum atomic E-state index is 12.1. The molecule has 0 spiro atoms. The predicted octanol–water partition coefficient (Wildman–Crippen LogP) is 6.20. The third-order valence-electron chi connectivity index (χ3n) is 5.44. The van der Waals surface area contributed by atoms with Crippen molar-refractivity contribution in [3.63, 3.8) is 0 Å². The van der Waals surface area contributed by atoms with E-state index in [-0.39, 0.29) is 34.7 Å². The summed E-state index contributed by atoms with van der Waals surface area (Å²) in [5.74, 6) is 0.0147. The standard InChI is InChI=1S/C26H21Cl2N3O4/c1-2-34-25(33)12-24(32)23(13-29)31-14-15-9-20(27)26(21(28)10-15)35-17-5-6-22-19(11-17)18(7-8-30-22)16-3-4-16/h5-11,16H,2-4,12,14H2,1H3. The van der Waals surface area contributed by atoms with Crippen molar-refractivity contribution >= 4 is 51.6 Å². The van der Waals surface area contributed by atoms with Crippen molar-refractivity contribution in [1.82, 2.24) is 4.98 Å². The monoisotopic (exact) mass is 509 g/mol. The molecule has 9 heteroatoms. The van der Waals surface area contributed by atoms with Gasteiger partial charge in [0.15, 0.2) is 11.5 Å². The van der Waals surface area contributed by atoms with Gasteiger partial charge in [0.2, 0.25) is 5.78 Å². The number of benzene rings is 2. The molecular weight excluding hydrogens is 489 g/mol. The van der Waals surface area contributed by atoms with Crippen LogP contribution in [-0.4, -0.2) is 29.1 Å². The van der Waals surface area contributed by atoms with Crippen molar-refractivity contribution in [2.75, 3.05) is 6.61 Å². The minimum Gasteiger partial charge on any atom is -0.466 e. The van der Waals surface area contributed by atoms with Gasteiger partial charge >= 0.3 is 5.97 Å². The lowest BCUT2D eigenvalue weighted by Gasteiger charge is -2.12. The molecule has 0 bridgehead atoms. The number of rotatable bonds is 9. The highest BCUT2D eigenvalue weighted by molar-refractivity contribution is 6.48. The summed E-state index contributed by atoms with van der Waals surface area (Å²) in [6.45, 7) is 1.75. The summed E-state index contributed by atoms with van der Waals surface area (Å²) in [7, 11) is 0. The van der Waals surface area contributed by atoms with Crippen molar-refractivity contribution in [1.29, 1.82) is 5.26 Å². The smallest absolute Gasteiger partial charge is 0.313 e. The molecule has 0 radical (unpaired) electrons. The number of ketones is 1. The maximum Gasteiger partial charge on any atom is 0.313 e. The number of esters is 1. The number of hydrogen-bond donors (Lipinski definition) is 0. The second-order valence-electron chi connectivity index (χ2n) is 8.03. The molecule has 2 aromatic carbocycles. The van der Waals surface area contributed by atoms with E-state index < -0.39 is 18.2 Å². The minimum absolute atomic E-state index is 0.0242. The van der Waals surface area contributed by atoms with E-state index in [9.17, 15) is 14.9 Å². The number of hydrogen-bond acceptors (Lipinski definition) is 7. The summed E-state index contributed by atoms with van der Waals surface area (Å²) >= 11 is 12.9. The van der Waals surface area contributed by atoms with E-state index >= 15 is 0 Å². The highest BCUT2D eigenvalue weighted by atomic mass is 35.5. The van der Waals surface area contributed by atoms with Crippen molar-refractivity contribution in [2.24, 2.45) is 4.99 Å². The van der Waals surface area contributed by atoms with Crippen LogP contribution >= 0.6 is 23.2 Å². The summed E-state index contributed by atoms with van der Waals surface area (Å²) < 4.78 is 10.8. The first-order valence-corrected chi connectivity index (χ1v) is 11.8. The molecule has 0 saturated heterocycles. The first-order valence-electron chi connectivity index (χ1n) is 11.1. The molecule has 4 rings (SSSR count). The molecule has 7 nitrogen and oxygen atoms in total. The van der Waals surface area contributed by atoms with Gasteiger partial charge in [0.25, 0.3) is 0 Å². The molecule has 178 valence electrons. The quantitative estimate of drug-likeness (QED) is 0.193. The summed E-state index contributed by atoms with van der Waals surface area (Å²) in [6.07, 6.45) is 3.63. The number of ether oxygens (including phenoxy) is 2. The molecule has 0 atom stereocenters. The van der Waals surface area contributed by atoms with Crippen LogP contribution in [0, 0.1) is 11.3 Å². The Morgan fingerprint density at radius 2 is 1.91 bits per heavy atom. The lowest BCUT2D eigenvalue weighted by Crippen LogP contribution is -2.18. The second kappa shape index (κ2) is 10.9. The van der Waals surface area contributed by atoms with Gasteiger partial charge < -0.3 is 9.47 Å². The van der Waals surface area contributed by atoms with E-state index in [0.717, 1.165) is 10.9 Å². The van der Waals surface area contributed by atoms with E-state index in [4.69, 9.17) is 32.7 Å². The molecule has 0 aliphatic heterocycles. The Morgan fingerprint density at radius 1 is 1.17 bits per heavy atom. The van der Waals surface area contributed by atoms with Gasteiger partial charge in [-0.2, -0.15) is 5.26 Å². The summed E-state index contributed by atoms with van der Waals surface area (Å²) in [4.78, 5) is 32.1. The van der Waals surface area contributed by atoms with Crippen molar-refractivity contribution in [3.8, 4) is 17.6 Å². The van der Waals surface area contributed by atoms with E-state index in [2.05, 4.69) is 9.98 Å². The van der Waals surface area contributed by atoms with Crippen molar-refractivity contribution < 1.29 is 19.1 Å². The Morgan fingerprint density at radius 3 is 2.57 bits per heavy atom. The molecule has 1 fully saturated rings. The lowest BCUT2D eigenvalue weighted by molar-refractivity contribution is -0.144. The van der Waals surface area contributed by atoms with Crippen molar-refractivity contribution in [3.05, 3.63) is 63.8 Å². The van der Waals surface area contributed by atoms with Crippen LogP contribution in [0.4, 0.5) is 0 Å². The molecule has 35 heavy (non-hydrogen) atoms. The SMILES string of the molecule is CCOC(=O)CC(=O)C(C#N)=NCc1cc(Cl)c(Oc2ccc3nccc(C4CC4)c3c2)c(Cl)c1. The Balaban J connectivity index is 1.51. The molecule has 1 aliphatic rings. The van der Waals surface area contributed by atoms with Gasteiger partial charge in [-0.05, 0) is 73.2 Å². The molecule has 3 aromatic rings. The van der Waals surface area contributed by atoms with Crippen LogP contribution in [0.5, 0.6) is 11.5 Å². The van der Waals surface area contributed by atoms with Crippen LogP contribution in [0.1, 0.15) is 43.2 Å². The molecule has 1 aromatic heterocycles. The number of fused-ring (bicyclic) bond motifs is 1. The Labute approximate surface area is 212 Å². The zero-order chi connectivity index (χ0) is 24.9. The van der Waals surface area contributed by atoms with Crippen LogP contribution in [0.3, 0.4) is 0 Å². The normalized spacial score (nSPS) is 13.4. The molecule has 1 heterocycles. The zero-order valence-electron chi connectivity index (χ0n) is 18.9. The number of nitriles is 1. The first kappa shape index (κ1) is 24.6. The van der Waals surface area contributed by atoms with Crippen molar-refractivity contribution in [2.45, 2.75) is 38.6 Å². The minimum atomic E-state index is -0.709. The van der Waals surface area contributed by atoms with Crippen LogP contribution in [0.2, 0.25) is 10.0 Å². The number of carbonyl (C=O) groups excluding carboxylic acids is 2. The summed E-state index contributed by atoms with van der Waals surface area (Å²) in [6, 6.07) is 12.6. The maximum absolute atomic E-state index is 12.1.